The summed E-state index contributed by atoms with van der Waals surface area (Å²) in [6.45, 7) is 4.71. The van der Waals surface area contributed by atoms with Crippen molar-refractivity contribution in [1.82, 2.24) is 9.80 Å². The van der Waals surface area contributed by atoms with E-state index in [4.69, 9.17) is 4.74 Å². The summed E-state index contributed by atoms with van der Waals surface area (Å²) in [7, 11) is 3.70. The third-order valence-corrected chi connectivity index (χ3v) is 5.50. The highest BCUT2D eigenvalue weighted by Gasteiger charge is 2.21. The zero-order chi connectivity index (χ0) is 19.9. The Labute approximate surface area is 166 Å². The number of rotatable bonds is 8. The van der Waals surface area contributed by atoms with Crippen LogP contribution in [0.5, 0.6) is 5.75 Å². The Morgan fingerprint density at radius 1 is 1.14 bits per heavy atom. The maximum atomic E-state index is 13.9. The Morgan fingerprint density at radius 3 is 2.64 bits per heavy atom. The van der Waals surface area contributed by atoms with E-state index in [0.29, 0.717) is 18.0 Å². The maximum absolute atomic E-state index is 13.9. The van der Waals surface area contributed by atoms with Crippen molar-refractivity contribution in [3.05, 3.63) is 65.2 Å². The lowest BCUT2D eigenvalue weighted by Crippen LogP contribution is -2.40. The predicted octanol–water partition coefficient (Wildman–Crippen LogP) is 4.36. The van der Waals surface area contributed by atoms with Crippen LogP contribution in [0, 0.1) is 17.6 Å². The molecule has 3 rings (SSSR count). The van der Waals surface area contributed by atoms with Crippen LogP contribution in [0.3, 0.4) is 0 Å². The third-order valence-electron chi connectivity index (χ3n) is 5.50. The molecule has 0 aliphatic carbocycles. The van der Waals surface area contributed by atoms with Crippen LogP contribution < -0.4 is 4.74 Å². The lowest BCUT2D eigenvalue weighted by molar-refractivity contribution is 0.142. The molecular weight excluding hydrogens is 358 g/mol. The standard InChI is InChI=1S/C23H30F2N2O/c1-26(17-20-7-8-21(24)14-23(20)25)15-19-4-3-12-27(16-19)13-11-18-5-9-22(28-2)10-6-18/h5-10,14,19H,3-4,11-13,15-17H2,1-2H3. The molecule has 2 aromatic rings. The fourth-order valence-corrected chi connectivity index (χ4v) is 4.03. The van der Waals surface area contributed by atoms with Crippen LogP contribution in [0.25, 0.3) is 0 Å². The molecule has 0 aromatic heterocycles. The van der Waals surface area contributed by atoms with Crippen LogP contribution in [0.15, 0.2) is 42.5 Å². The van der Waals surface area contributed by atoms with Gasteiger partial charge in [0, 0.05) is 37.8 Å². The first-order valence-corrected chi connectivity index (χ1v) is 10.0. The van der Waals surface area contributed by atoms with Gasteiger partial charge in [-0.2, -0.15) is 0 Å². The Balaban J connectivity index is 1.45. The summed E-state index contributed by atoms with van der Waals surface area (Å²) in [6.07, 6.45) is 3.44. The van der Waals surface area contributed by atoms with Crippen LogP contribution >= 0.6 is 0 Å². The van der Waals surface area contributed by atoms with Crippen LogP contribution in [-0.2, 0) is 13.0 Å². The van der Waals surface area contributed by atoms with E-state index in [1.54, 1.807) is 13.2 Å². The number of hydrogen-bond donors (Lipinski definition) is 0. The van der Waals surface area contributed by atoms with Gasteiger partial charge in [-0.3, -0.25) is 0 Å². The van der Waals surface area contributed by atoms with Crippen molar-refractivity contribution in [1.29, 1.82) is 0 Å². The summed E-state index contributed by atoms with van der Waals surface area (Å²) in [6, 6.07) is 12.1. The van der Waals surface area contributed by atoms with Gasteiger partial charge in [0.05, 0.1) is 7.11 Å². The van der Waals surface area contributed by atoms with Gasteiger partial charge in [-0.25, -0.2) is 8.78 Å². The minimum absolute atomic E-state index is 0.461. The topological polar surface area (TPSA) is 15.7 Å². The molecule has 0 saturated carbocycles. The molecule has 152 valence electrons. The number of benzene rings is 2. The summed E-state index contributed by atoms with van der Waals surface area (Å²) < 4.78 is 32.2. The zero-order valence-electron chi connectivity index (χ0n) is 16.8. The second-order valence-corrected chi connectivity index (χ2v) is 7.84. The van der Waals surface area contributed by atoms with E-state index in [0.717, 1.165) is 44.4 Å². The van der Waals surface area contributed by atoms with Gasteiger partial charge < -0.3 is 14.5 Å². The van der Waals surface area contributed by atoms with Gasteiger partial charge in [0.1, 0.15) is 17.4 Å². The normalized spacial score (nSPS) is 17.8. The smallest absolute Gasteiger partial charge is 0.130 e. The van der Waals surface area contributed by atoms with Gasteiger partial charge in [0.25, 0.3) is 0 Å². The van der Waals surface area contributed by atoms with Crippen molar-refractivity contribution in [3.8, 4) is 5.75 Å². The van der Waals surface area contributed by atoms with E-state index < -0.39 is 11.6 Å². The molecule has 1 aliphatic heterocycles. The molecule has 1 aliphatic rings. The number of piperidine rings is 1. The lowest BCUT2D eigenvalue weighted by Gasteiger charge is -2.34. The minimum Gasteiger partial charge on any atom is -0.497 e. The zero-order valence-corrected chi connectivity index (χ0v) is 16.8. The van der Waals surface area contributed by atoms with E-state index in [-0.39, 0.29) is 0 Å². The summed E-state index contributed by atoms with van der Waals surface area (Å²) in [5.41, 5.74) is 1.88. The number of halogens is 2. The number of likely N-dealkylation sites (tertiary alicyclic amines) is 1. The van der Waals surface area contributed by atoms with Crippen LogP contribution in [0.2, 0.25) is 0 Å². The fraction of sp³-hybridized carbons (Fsp3) is 0.478. The van der Waals surface area contributed by atoms with Crippen LogP contribution in [0.4, 0.5) is 8.78 Å². The van der Waals surface area contributed by atoms with Gasteiger partial charge in [0.15, 0.2) is 0 Å². The summed E-state index contributed by atoms with van der Waals surface area (Å²) in [5, 5.41) is 0. The Morgan fingerprint density at radius 2 is 1.93 bits per heavy atom. The molecular formula is C23H30F2N2O. The second kappa shape index (κ2) is 9.99. The number of ether oxygens (including phenoxy) is 1. The SMILES string of the molecule is COc1ccc(CCN2CCCC(CN(C)Cc3ccc(F)cc3F)C2)cc1. The van der Waals surface area contributed by atoms with Gasteiger partial charge in [0.2, 0.25) is 0 Å². The van der Waals surface area contributed by atoms with Crippen molar-refractivity contribution >= 4 is 0 Å². The first-order valence-electron chi connectivity index (χ1n) is 10.0. The van der Waals surface area contributed by atoms with Crippen molar-refractivity contribution in [2.45, 2.75) is 25.8 Å². The average molecular weight is 389 g/mol. The van der Waals surface area contributed by atoms with Crippen LogP contribution in [-0.4, -0.2) is 50.1 Å². The van der Waals surface area contributed by atoms with Gasteiger partial charge in [-0.05, 0) is 62.5 Å². The summed E-state index contributed by atoms with van der Waals surface area (Å²) >= 11 is 0. The molecule has 28 heavy (non-hydrogen) atoms. The largest absolute Gasteiger partial charge is 0.497 e. The van der Waals surface area contributed by atoms with Crippen LogP contribution in [0.1, 0.15) is 24.0 Å². The highest BCUT2D eigenvalue weighted by atomic mass is 19.1. The average Bonchev–Trinajstić information content (AvgIpc) is 2.69. The Hall–Kier alpha value is -1.98. The van der Waals surface area contributed by atoms with E-state index in [9.17, 15) is 8.78 Å². The molecule has 1 atom stereocenters. The number of nitrogens with zero attached hydrogens (tertiary/aromatic N) is 2. The first-order chi connectivity index (χ1) is 13.5. The lowest BCUT2D eigenvalue weighted by atomic mass is 9.97. The highest BCUT2D eigenvalue weighted by molar-refractivity contribution is 5.27. The molecule has 1 saturated heterocycles. The monoisotopic (exact) mass is 388 g/mol. The predicted molar refractivity (Wildman–Crippen MR) is 109 cm³/mol. The molecule has 0 N–H and O–H groups in total. The van der Waals surface area contributed by atoms with Crippen molar-refractivity contribution in [3.63, 3.8) is 0 Å². The fourth-order valence-electron chi connectivity index (χ4n) is 4.03. The highest BCUT2D eigenvalue weighted by Crippen LogP contribution is 2.20. The molecule has 1 unspecified atom stereocenters. The molecule has 0 radical (unpaired) electrons. The number of hydrogen-bond acceptors (Lipinski definition) is 3. The van der Waals surface area contributed by atoms with Gasteiger partial charge >= 0.3 is 0 Å². The molecule has 5 heteroatoms. The summed E-state index contributed by atoms with van der Waals surface area (Å²) in [4.78, 5) is 4.68. The third kappa shape index (κ3) is 6.01. The second-order valence-electron chi connectivity index (χ2n) is 7.84. The van der Waals surface area contributed by atoms with Gasteiger partial charge in [-0.1, -0.05) is 18.2 Å². The molecule has 0 spiro atoms. The van der Waals surface area contributed by atoms with Crippen molar-refractivity contribution in [2.75, 3.05) is 40.3 Å². The van der Waals surface area contributed by atoms with Crippen molar-refractivity contribution < 1.29 is 13.5 Å². The molecule has 2 aromatic carbocycles. The Kier molecular flexibility index (Phi) is 7.40. The quantitative estimate of drug-likeness (QED) is 0.668. The molecule has 0 amide bonds. The molecule has 0 bridgehead atoms. The number of methoxy groups -OCH3 is 1. The maximum Gasteiger partial charge on any atom is 0.130 e. The van der Waals surface area contributed by atoms with Gasteiger partial charge in [-0.15, -0.1) is 0 Å². The van der Waals surface area contributed by atoms with Crippen molar-refractivity contribution in [2.24, 2.45) is 5.92 Å². The molecule has 1 fully saturated rings. The van der Waals surface area contributed by atoms with E-state index in [1.165, 1.54) is 24.5 Å². The summed E-state index contributed by atoms with van der Waals surface area (Å²) in [5.74, 6) is 0.487. The van der Waals surface area contributed by atoms with E-state index in [1.807, 2.05) is 19.2 Å². The minimum atomic E-state index is -0.524. The molecule has 1 heterocycles. The first kappa shape index (κ1) is 20.7. The molecule has 3 nitrogen and oxygen atoms in total. The Bertz CT molecular complexity index is 751. The van der Waals surface area contributed by atoms with E-state index in [2.05, 4.69) is 21.9 Å². The van der Waals surface area contributed by atoms with E-state index >= 15 is 0 Å².